The third kappa shape index (κ3) is 2.19. The van der Waals surface area contributed by atoms with E-state index in [0.29, 0.717) is 19.8 Å². The molecule has 2 saturated heterocycles. The van der Waals surface area contributed by atoms with Crippen molar-refractivity contribution >= 4 is 12.4 Å². The molecule has 2 heterocycles. The van der Waals surface area contributed by atoms with Crippen molar-refractivity contribution in [2.75, 3.05) is 26.8 Å². The maximum absolute atomic E-state index is 12.2. The highest BCUT2D eigenvalue weighted by Crippen LogP contribution is 2.33. The number of hydrogen-bond acceptors (Lipinski definition) is 5. The molecule has 2 aliphatic heterocycles. The zero-order chi connectivity index (χ0) is 13.0. The first-order chi connectivity index (χ1) is 8.73. The summed E-state index contributed by atoms with van der Waals surface area (Å²) >= 11 is 0. The number of hydrazine groups is 1. The minimum atomic E-state index is -0.190. The van der Waals surface area contributed by atoms with Crippen LogP contribution < -0.4 is 10.9 Å². The molecular weight excluding hydrogens is 234 g/mol. The Labute approximate surface area is 106 Å². The smallest absolute Gasteiger partial charge is 0.340 e. The second-order valence-corrected chi connectivity index (χ2v) is 4.38. The van der Waals surface area contributed by atoms with E-state index in [1.54, 1.807) is 17.0 Å². The van der Waals surface area contributed by atoms with Crippen LogP contribution in [-0.4, -0.2) is 54.6 Å². The first kappa shape index (κ1) is 12.8. The van der Waals surface area contributed by atoms with Crippen molar-refractivity contribution in [2.45, 2.75) is 18.4 Å². The standard InChI is InChI=1S/C11H19N5O2/c1-3-13-14-9-15-8-11(4-6-18-7-5-11)16(12-2)10(15)17/h3,9,12-13H,1,4-8H2,2H3/b14-9-. The lowest BCUT2D eigenvalue weighted by molar-refractivity contribution is -0.00611. The fraction of sp³-hybridized carbons (Fsp3) is 0.636. The Hall–Kier alpha value is -1.60. The van der Waals surface area contributed by atoms with Gasteiger partial charge >= 0.3 is 6.03 Å². The average Bonchev–Trinajstić information content (AvgIpc) is 2.63. The van der Waals surface area contributed by atoms with Crippen LogP contribution in [0.3, 0.4) is 0 Å². The van der Waals surface area contributed by atoms with Crippen molar-refractivity contribution in [1.29, 1.82) is 0 Å². The summed E-state index contributed by atoms with van der Waals surface area (Å²) in [7, 11) is 1.76. The van der Waals surface area contributed by atoms with Crippen LogP contribution in [0.4, 0.5) is 4.79 Å². The fourth-order valence-electron chi connectivity index (χ4n) is 2.50. The van der Waals surface area contributed by atoms with Gasteiger partial charge in [-0.3, -0.25) is 15.3 Å². The van der Waals surface area contributed by atoms with E-state index in [1.807, 2.05) is 0 Å². The van der Waals surface area contributed by atoms with Gasteiger partial charge in [-0.25, -0.2) is 10.2 Å². The Balaban J connectivity index is 2.12. The van der Waals surface area contributed by atoms with Crippen molar-refractivity contribution in [3.8, 4) is 0 Å². The molecule has 0 aromatic carbocycles. The van der Waals surface area contributed by atoms with Gasteiger partial charge in [-0.05, 0) is 12.8 Å². The van der Waals surface area contributed by atoms with Crippen LogP contribution in [0.25, 0.3) is 0 Å². The SMILES string of the molecule is C=CN/N=C\N1CC2(CCOCC2)N(NC)C1=O. The molecule has 2 amide bonds. The molecule has 0 bridgehead atoms. The topological polar surface area (TPSA) is 69.2 Å². The second-order valence-electron chi connectivity index (χ2n) is 4.38. The van der Waals surface area contributed by atoms with Gasteiger partial charge in [-0.15, -0.1) is 0 Å². The summed E-state index contributed by atoms with van der Waals surface area (Å²) in [6.07, 6.45) is 4.62. The summed E-state index contributed by atoms with van der Waals surface area (Å²) in [6.45, 7) is 5.48. The van der Waals surface area contributed by atoms with Crippen molar-refractivity contribution in [1.82, 2.24) is 20.8 Å². The third-order valence-corrected chi connectivity index (χ3v) is 3.39. The van der Waals surface area contributed by atoms with E-state index in [9.17, 15) is 4.79 Å². The Morgan fingerprint density at radius 2 is 2.22 bits per heavy atom. The average molecular weight is 253 g/mol. The van der Waals surface area contributed by atoms with Crippen LogP contribution in [0, 0.1) is 0 Å². The lowest BCUT2D eigenvalue weighted by Crippen LogP contribution is -2.55. The molecule has 0 aromatic rings. The van der Waals surface area contributed by atoms with Crippen LogP contribution in [0.2, 0.25) is 0 Å². The number of nitrogens with one attached hydrogen (secondary N) is 2. The minimum absolute atomic E-state index is 0.0889. The van der Waals surface area contributed by atoms with E-state index in [2.05, 4.69) is 22.5 Å². The molecule has 100 valence electrons. The number of ether oxygens (including phenoxy) is 1. The number of hydrogen-bond donors (Lipinski definition) is 2. The summed E-state index contributed by atoms with van der Waals surface area (Å²) < 4.78 is 5.37. The summed E-state index contributed by atoms with van der Waals surface area (Å²) in [5, 5.41) is 5.59. The molecular formula is C11H19N5O2. The molecule has 18 heavy (non-hydrogen) atoms. The lowest BCUT2D eigenvalue weighted by atomic mass is 9.90. The lowest BCUT2D eigenvalue weighted by Gasteiger charge is -2.38. The second kappa shape index (κ2) is 5.36. The molecule has 1 spiro atoms. The Morgan fingerprint density at radius 3 is 2.83 bits per heavy atom. The third-order valence-electron chi connectivity index (χ3n) is 3.39. The zero-order valence-corrected chi connectivity index (χ0v) is 10.6. The Morgan fingerprint density at radius 1 is 1.50 bits per heavy atom. The molecule has 0 aromatic heterocycles. The normalized spacial score (nSPS) is 23.1. The number of carbonyl (C=O) groups is 1. The van der Waals surface area contributed by atoms with Crippen LogP contribution in [0.15, 0.2) is 17.9 Å². The highest BCUT2D eigenvalue weighted by molar-refractivity contribution is 5.89. The van der Waals surface area contributed by atoms with Gasteiger partial charge in [0.15, 0.2) is 0 Å². The quantitative estimate of drug-likeness (QED) is 0.423. The van der Waals surface area contributed by atoms with E-state index in [-0.39, 0.29) is 11.6 Å². The van der Waals surface area contributed by atoms with Gasteiger partial charge in [0.25, 0.3) is 0 Å². The summed E-state index contributed by atoms with van der Waals surface area (Å²) in [5.41, 5.74) is 5.38. The minimum Gasteiger partial charge on any atom is -0.381 e. The van der Waals surface area contributed by atoms with Gasteiger partial charge in [0.2, 0.25) is 0 Å². The highest BCUT2D eigenvalue weighted by Gasteiger charge is 2.49. The van der Waals surface area contributed by atoms with Crippen molar-refractivity contribution in [3.05, 3.63) is 12.8 Å². The van der Waals surface area contributed by atoms with Crippen LogP contribution in [0.1, 0.15) is 12.8 Å². The zero-order valence-electron chi connectivity index (χ0n) is 10.6. The van der Waals surface area contributed by atoms with E-state index in [4.69, 9.17) is 4.74 Å². The van der Waals surface area contributed by atoms with Gasteiger partial charge in [0, 0.05) is 26.5 Å². The molecule has 2 N–H and O–H groups in total. The first-order valence-corrected chi connectivity index (χ1v) is 5.99. The Kier molecular flexibility index (Phi) is 3.83. The maximum atomic E-state index is 12.2. The largest absolute Gasteiger partial charge is 0.381 e. The van der Waals surface area contributed by atoms with Gasteiger partial charge in [-0.1, -0.05) is 6.58 Å². The fourth-order valence-corrected chi connectivity index (χ4v) is 2.50. The van der Waals surface area contributed by atoms with Crippen LogP contribution in [-0.2, 0) is 4.74 Å². The van der Waals surface area contributed by atoms with Crippen molar-refractivity contribution in [2.24, 2.45) is 5.10 Å². The molecule has 0 saturated carbocycles. The molecule has 0 aliphatic carbocycles. The predicted molar refractivity (Wildman–Crippen MR) is 67.6 cm³/mol. The molecule has 7 nitrogen and oxygen atoms in total. The van der Waals surface area contributed by atoms with Crippen LogP contribution in [0.5, 0.6) is 0 Å². The molecule has 2 fully saturated rings. The van der Waals surface area contributed by atoms with Crippen LogP contribution >= 0.6 is 0 Å². The maximum Gasteiger partial charge on any atom is 0.340 e. The summed E-state index contributed by atoms with van der Waals surface area (Å²) in [6, 6.07) is -0.0889. The van der Waals surface area contributed by atoms with Gasteiger partial charge in [0.1, 0.15) is 6.34 Å². The van der Waals surface area contributed by atoms with E-state index < -0.39 is 0 Å². The number of nitrogens with zero attached hydrogens (tertiary/aromatic N) is 3. The molecule has 0 atom stereocenters. The van der Waals surface area contributed by atoms with Crippen molar-refractivity contribution in [3.63, 3.8) is 0 Å². The molecule has 7 heteroatoms. The number of amides is 2. The Bertz CT molecular complexity index is 351. The number of hydrazone groups is 1. The van der Waals surface area contributed by atoms with Crippen molar-refractivity contribution < 1.29 is 9.53 Å². The van der Waals surface area contributed by atoms with Gasteiger partial charge in [0.05, 0.1) is 12.1 Å². The molecule has 0 radical (unpaired) electrons. The number of rotatable bonds is 4. The summed E-state index contributed by atoms with van der Waals surface area (Å²) in [5.74, 6) is 0. The van der Waals surface area contributed by atoms with E-state index in [1.165, 1.54) is 12.5 Å². The highest BCUT2D eigenvalue weighted by atomic mass is 16.5. The predicted octanol–water partition coefficient (Wildman–Crippen LogP) is 0.0840. The molecule has 0 unspecified atom stereocenters. The molecule has 2 aliphatic rings. The van der Waals surface area contributed by atoms with Gasteiger partial charge in [-0.2, -0.15) is 5.10 Å². The van der Waals surface area contributed by atoms with E-state index in [0.717, 1.165) is 12.8 Å². The van der Waals surface area contributed by atoms with E-state index >= 15 is 0 Å². The number of carbonyl (C=O) groups excluding carboxylic acids is 1. The molecule has 2 rings (SSSR count). The number of urea groups is 1. The summed E-state index contributed by atoms with van der Waals surface area (Å²) in [4.78, 5) is 13.8. The first-order valence-electron chi connectivity index (χ1n) is 5.99. The monoisotopic (exact) mass is 253 g/mol. The van der Waals surface area contributed by atoms with Gasteiger partial charge < -0.3 is 4.74 Å².